The third-order valence-electron chi connectivity index (χ3n) is 3.43. The second-order valence-electron chi connectivity index (χ2n) is 5.50. The summed E-state index contributed by atoms with van der Waals surface area (Å²) in [5.74, 6) is -0.326. The van der Waals surface area contributed by atoms with Crippen LogP contribution in [0.2, 0.25) is 0 Å². The molecule has 0 aliphatic carbocycles. The molecule has 6 nitrogen and oxygen atoms in total. The van der Waals surface area contributed by atoms with Crippen molar-refractivity contribution in [2.24, 2.45) is 0 Å². The minimum absolute atomic E-state index is 0.266. The van der Waals surface area contributed by atoms with Crippen LogP contribution >= 0.6 is 11.3 Å². The fourth-order valence-corrected chi connectivity index (χ4v) is 3.92. The number of nitrogens with zero attached hydrogens (tertiary/aromatic N) is 1. The van der Waals surface area contributed by atoms with Crippen molar-refractivity contribution in [2.45, 2.75) is 6.42 Å². The second kappa shape index (κ2) is 7.20. The number of carbonyl (C=O) groups excluding carboxylic acids is 1. The molecule has 0 radical (unpaired) electrons. The standard InChI is InChI=1S/C17H17N3O3S2/c1-25(22,23)20-13-7-3-2-6-12(13)17(21)18-11-10-16-19-14-8-4-5-9-15(14)24-16/h2-9,20H,10-11H2,1H3,(H,18,21). The summed E-state index contributed by atoms with van der Waals surface area (Å²) >= 11 is 1.60. The molecule has 1 aromatic heterocycles. The molecule has 130 valence electrons. The van der Waals surface area contributed by atoms with Crippen LogP contribution in [-0.4, -0.2) is 32.1 Å². The Balaban J connectivity index is 1.65. The lowest BCUT2D eigenvalue weighted by atomic mass is 10.1. The molecule has 3 rings (SSSR count). The molecule has 0 bridgehead atoms. The number of hydrogen-bond donors (Lipinski definition) is 2. The Morgan fingerprint density at radius 1 is 1.12 bits per heavy atom. The van der Waals surface area contributed by atoms with Gasteiger partial charge >= 0.3 is 0 Å². The predicted molar refractivity (Wildman–Crippen MR) is 101 cm³/mol. The molecule has 0 spiro atoms. The molecule has 1 heterocycles. The van der Waals surface area contributed by atoms with Crippen molar-refractivity contribution in [1.29, 1.82) is 0 Å². The number of rotatable bonds is 6. The third-order valence-corrected chi connectivity index (χ3v) is 5.12. The number of nitrogens with one attached hydrogen (secondary N) is 2. The first-order valence-electron chi connectivity index (χ1n) is 7.62. The van der Waals surface area contributed by atoms with Gasteiger partial charge in [-0.05, 0) is 24.3 Å². The first-order valence-corrected chi connectivity index (χ1v) is 10.3. The summed E-state index contributed by atoms with van der Waals surface area (Å²) in [5, 5.41) is 3.76. The monoisotopic (exact) mass is 375 g/mol. The summed E-state index contributed by atoms with van der Waals surface area (Å²) in [6.07, 6.45) is 1.67. The smallest absolute Gasteiger partial charge is 0.253 e. The van der Waals surface area contributed by atoms with E-state index in [1.54, 1.807) is 35.6 Å². The van der Waals surface area contributed by atoms with Crippen molar-refractivity contribution >= 4 is 43.2 Å². The topological polar surface area (TPSA) is 88.2 Å². The lowest BCUT2D eigenvalue weighted by Gasteiger charge is -2.10. The number of aromatic nitrogens is 1. The van der Waals surface area contributed by atoms with Gasteiger partial charge in [0.15, 0.2) is 0 Å². The molecule has 3 aromatic rings. The molecule has 0 saturated carbocycles. The Kier molecular flexibility index (Phi) is 5.00. The fourth-order valence-electron chi connectivity index (χ4n) is 2.37. The molecule has 0 fully saturated rings. The fraction of sp³-hybridized carbons (Fsp3) is 0.176. The molecule has 1 amide bonds. The highest BCUT2D eigenvalue weighted by Crippen LogP contribution is 2.21. The van der Waals surface area contributed by atoms with Gasteiger partial charge in [0.05, 0.1) is 32.7 Å². The van der Waals surface area contributed by atoms with Gasteiger partial charge in [0, 0.05) is 13.0 Å². The summed E-state index contributed by atoms with van der Waals surface area (Å²) in [7, 11) is -3.45. The van der Waals surface area contributed by atoms with E-state index in [9.17, 15) is 13.2 Å². The van der Waals surface area contributed by atoms with Crippen LogP contribution in [0.4, 0.5) is 5.69 Å². The van der Waals surface area contributed by atoms with Gasteiger partial charge in [0.1, 0.15) is 0 Å². The zero-order valence-electron chi connectivity index (χ0n) is 13.5. The number of thiazole rings is 1. The molecular formula is C17H17N3O3S2. The summed E-state index contributed by atoms with van der Waals surface area (Å²) in [4.78, 5) is 16.9. The van der Waals surface area contributed by atoms with Crippen LogP contribution in [0.25, 0.3) is 10.2 Å². The Bertz CT molecular complexity index is 980. The van der Waals surface area contributed by atoms with E-state index in [2.05, 4.69) is 15.0 Å². The Morgan fingerprint density at radius 2 is 1.84 bits per heavy atom. The predicted octanol–water partition coefficient (Wildman–Crippen LogP) is 2.64. The van der Waals surface area contributed by atoms with Gasteiger partial charge in [-0.15, -0.1) is 11.3 Å². The minimum atomic E-state index is -3.45. The van der Waals surface area contributed by atoms with Crippen LogP contribution in [0.1, 0.15) is 15.4 Å². The van der Waals surface area contributed by atoms with Gasteiger partial charge in [-0.25, -0.2) is 13.4 Å². The summed E-state index contributed by atoms with van der Waals surface area (Å²) in [6, 6.07) is 14.4. The van der Waals surface area contributed by atoms with Gasteiger partial charge in [-0.1, -0.05) is 24.3 Å². The first-order chi connectivity index (χ1) is 11.9. The van der Waals surface area contributed by atoms with Crippen LogP contribution in [-0.2, 0) is 16.4 Å². The minimum Gasteiger partial charge on any atom is -0.352 e. The van der Waals surface area contributed by atoms with E-state index in [1.165, 1.54) is 0 Å². The highest BCUT2D eigenvalue weighted by molar-refractivity contribution is 7.92. The lowest BCUT2D eigenvalue weighted by Crippen LogP contribution is -2.27. The van der Waals surface area contributed by atoms with E-state index in [1.807, 2.05) is 24.3 Å². The quantitative estimate of drug-likeness (QED) is 0.693. The highest BCUT2D eigenvalue weighted by Gasteiger charge is 2.13. The van der Waals surface area contributed by atoms with Crippen molar-refractivity contribution in [3.63, 3.8) is 0 Å². The number of anilines is 1. The van der Waals surface area contributed by atoms with Crippen molar-refractivity contribution < 1.29 is 13.2 Å². The van der Waals surface area contributed by atoms with Crippen molar-refractivity contribution in [3.05, 3.63) is 59.1 Å². The summed E-state index contributed by atoms with van der Waals surface area (Å²) in [5.41, 5.74) is 1.51. The molecular weight excluding hydrogens is 358 g/mol. The van der Waals surface area contributed by atoms with E-state index in [-0.39, 0.29) is 17.2 Å². The normalized spacial score (nSPS) is 11.4. The molecule has 2 N–H and O–H groups in total. The Labute approximate surface area is 150 Å². The van der Waals surface area contributed by atoms with Crippen LogP contribution in [0.5, 0.6) is 0 Å². The van der Waals surface area contributed by atoms with Gasteiger partial charge in [0.2, 0.25) is 10.0 Å². The van der Waals surface area contributed by atoms with Crippen molar-refractivity contribution in [3.8, 4) is 0 Å². The number of carbonyl (C=O) groups is 1. The summed E-state index contributed by atoms with van der Waals surface area (Å²) in [6.45, 7) is 0.422. The Hall–Kier alpha value is -2.45. The average molecular weight is 375 g/mol. The highest BCUT2D eigenvalue weighted by atomic mass is 32.2. The average Bonchev–Trinajstić information content (AvgIpc) is 2.96. The number of benzene rings is 2. The zero-order chi connectivity index (χ0) is 17.9. The molecule has 0 saturated heterocycles. The van der Waals surface area contributed by atoms with Crippen molar-refractivity contribution in [1.82, 2.24) is 10.3 Å². The SMILES string of the molecule is CS(=O)(=O)Nc1ccccc1C(=O)NCCc1nc2ccccc2s1. The molecule has 0 atom stereocenters. The molecule has 0 unspecified atom stereocenters. The Morgan fingerprint density at radius 3 is 2.60 bits per heavy atom. The first kappa shape index (κ1) is 17.4. The molecule has 2 aromatic carbocycles. The van der Waals surface area contributed by atoms with Crippen LogP contribution in [0, 0.1) is 0 Å². The number of fused-ring (bicyclic) bond motifs is 1. The molecule has 8 heteroatoms. The maximum Gasteiger partial charge on any atom is 0.253 e. The third kappa shape index (κ3) is 4.55. The van der Waals surface area contributed by atoms with Crippen LogP contribution in [0.3, 0.4) is 0 Å². The maximum absolute atomic E-state index is 12.4. The van der Waals surface area contributed by atoms with E-state index in [4.69, 9.17) is 0 Å². The second-order valence-corrected chi connectivity index (χ2v) is 8.36. The number of para-hydroxylation sites is 2. The van der Waals surface area contributed by atoms with Crippen molar-refractivity contribution in [2.75, 3.05) is 17.5 Å². The zero-order valence-corrected chi connectivity index (χ0v) is 15.2. The largest absolute Gasteiger partial charge is 0.352 e. The van der Waals surface area contributed by atoms with Crippen LogP contribution < -0.4 is 10.0 Å². The van der Waals surface area contributed by atoms with E-state index >= 15 is 0 Å². The van der Waals surface area contributed by atoms with E-state index < -0.39 is 10.0 Å². The van der Waals surface area contributed by atoms with Gasteiger partial charge in [0.25, 0.3) is 5.91 Å². The lowest BCUT2D eigenvalue weighted by molar-refractivity contribution is 0.0955. The number of sulfonamides is 1. The van der Waals surface area contributed by atoms with Gasteiger partial charge in [-0.2, -0.15) is 0 Å². The molecule has 0 aliphatic rings. The molecule has 25 heavy (non-hydrogen) atoms. The molecule has 0 aliphatic heterocycles. The summed E-state index contributed by atoms with van der Waals surface area (Å²) < 4.78 is 26.3. The van der Waals surface area contributed by atoms with Crippen LogP contribution in [0.15, 0.2) is 48.5 Å². The van der Waals surface area contributed by atoms with E-state index in [0.29, 0.717) is 13.0 Å². The van der Waals surface area contributed by atoms with Gasteiger partial charge < -0.3 is 5.32 Å². The van der Waals surface area contributed by atoms with Gasteiger partial charge in [-0.3, -0.25) is 9.52 Å². The maximum atomic E-state index is 12.4. The van der Waals surface area contributed by atoms with E-state index in [0.717, 1.165) is 21.5 Å². The number of amides is 1. The number of hydrogen-bond acceptors (Lipinski definition) is 5.